The molecule has 47 heavy (non-hydrogen) atoms. The van der Waals surface area contributed by atoms with E-state index in [4.69, 9.17) is 4.74 Å². The number of ketones is 1. The lowest BCUT2D eigenvalue weighted by Gasteiger charge is -2.71. The molecule has 0 bridgehead atoms. The van der Waals surface area contributed by atoms with Crippen LogP contribution in [0.2, 0.25) is 0 Å². The summed E-state index contributed by atoms with van der Waals surface area (Å²) in [5.41, 5.74) is 4.24. The van der Waals surface area contributed by atoms with E-state index in [9.17, 15) is 24.8 Å². The summed E-state index contributed by atoms with van der Waals surface area (Å²) < 4.78 is 5.33. The maximum atomic E-state index is 13.7. The smallest absolute Gasteiger partial charge is 0.309 e. The second-order valence-corrected chi connectivity index (χ2v) is 17.9. The van der Waals surface area contributed by atoms with Crippen LogP contribution in [0.4, 0.5) is 0 Å². The third-order valence-electron chi connectivity index (χ3n) is 15.4. The van der Waals surface area contributed by atoms with Crippen molar-refractivity contribution in [1.82, 2.24) is 0 Å². The largest absolute Gasteiger partial charge is 0.466 e. The number of esters is 1. The number of ether oxygens (including phenoxy) is 1. The average Bonchev–Trinajstić information content (AvgIpc) is 3.30. The summed E-state index contributed by atoms with van der Waals surface area (Å²) in [6, 6.07) is 0. The zero-order valence-electron chi connectivity index (χ0n) is 30.2. The number of fused-ring (bicyclic) bond motifs is 7. The van der Waals surface area contributed by atoms with Crippen molar-refractivity contribution < 1.29 is 24.4 Å². The number of hydrogen-bond acceptors (Lipinski definition) is 6. The van der Waals surface area contributed by atoms with Crippen molar-refractivity contribution in [3.8, 4) is 0 Å². The molecule has 3 saturated carbocycles. The Balaban J connectivity index is 1.34. The fraction of sp³-hybridized carbons (Fsp3) is 0.800. The molecule has 7 nitrogen and oxygen atoms in total. The molecule has 1 N–H and O–H groups in total. The van der Waals surface area contributed by atoms with Crippen molar-refractivity contribution in [3.05, 3.63) is 44.6 Å². The normalized spacial score (nSPS) is 41.6. The fourth-order valence-corrected chi connectivity index (χ4v) is 13.1. The molecule has 0 radical (unpaired) electrons. The first-order valence-corrected chi connectivity index (χ1v) is 18.6. The summed E-state index contributed by atoms with van der Waals surface area (Å²) in [7, 11) is 0. The van der Waals surface area contributed by atoms with E-state index in [1.165, 1.54) is 11.1 Å². The Bertz CT molecular complexity index is 1440. The van der Waals surface area contributed by atoms with Gasteiger partial charge < -0.3 is 9.84 Å². The van der Waals surface area contributed by atoms with Gasteiger partial charge in [-0.05, 0) is 133 Å². The molecule has 3 fully saturated rings. The van der Waals surface area contributed by atoms with Gasteiger partial charge in [0.1, 0.15) is 6.10 Å². The predicted octanol–water partition coefficient (Wildman–Crippen LogP) is 8.43. The highest BCUT2D eigenvalue weighted by molar-refractivity contribution is 6.00. The van der Waals surface area contributed by atoms with Crippen molar-refractivity contribution in [2.75, 3.05) is 13.2 Å². The Labute approximate surface area is 282 Å². The molecule has 9 atom stereocenters. The number of carbonyl (C=O) groups excluding carboxylic acids is 2. The van der Waals surface area contributed by atoms with E-state index < -0.39 is 23.0 Å². The number of carbonyl (C=O) groups is 2. The number of Topliss-reactive ketones (excluding diaryl/α,β-unsaturated/α-hetero) is 1. The first-order valence-electron chi connectivity index (χ1n) is 18.6. The number of aliphatic hydroxyl groups is 1. The third kappa shape index (κ3) is 4.89. The van der Waals surface area contributed by atoms with Crippen molar-refractivity contribution in [1.29, 1.82) is 0 Å². The van der Waals surface area contributed by atoms with Gasteiger partial charge in [-0.1, -0.05) is 66.2 Å². The second kappa shape index (κ2) is 11.7. The van der Waals surface area contributed by atoms with Crippen LogP contribution in [-0.4, -0.2) is 41.0 Å². The van der Waals surface area contributed by atoms with Crippen LogP contribution in [0.5, 0.6) is 0 Å². The van der Waals surface area contributed by atoms with E-state index in [-0.39, 0.29) is 57.6 Å². The number of aliphatic hydroxyl groups excluding tert-OH is 1. The van der Waals surface area contributed by atoms with E-state index in [1.54, 1.807) is 0 Å². The molecule has 0 aromatic carbocycles. The van der Waals surface area contributed by atoms with Crippen LogP contribution in [0, 0.1) is 66.8 Å². The zero-order chi connectivity index (χ0) is 34.3. The maximum absolute atomic E-state index is 13.7. The topological polar surface area (TPSA) is 107 Å². The van der Waals surface area contributed by atoms with Crippen LogP contribution in [0.15, 0.2) is 34.4 Å². The van der Waals surface area contributed by atoms with Crippen molar-refractivity contribution >= 4 is 11.8 Å². The highest BCUT2D eigenvalue weighted by Gasteiger charge is 2.70. The van der Waals surface area contributed by atoms with Gasteiger partial charge in [0.15, 0.2) is 5.78 Å². The summed E-state index contributed by atoms with van der Waals surface area (Å²) in [5.74, 6) is 1.27. The predicted molar refractivity (Wildman–Crippen MR) is 183 cm³/mol. The number of nitrogens with zero attached hydrogens (tertiary/aromatic N) is 1. The Hall–Kier alpha value is -2.28. The molecular formula is C40H59NO6. The molecule has 0 amide bonds. The van der Waals surface area contributed by atoms with Crippen LogP contribution in [-0.2, 0) is 14.3 Å². The van der Waals surface area contributed by atoms with E-state index in [0.717, 1.165) is 68.9 Å². The Morgan fingerprint density at radius 3 is 2.36 bits per heavy atom. The third-order valence-corrected chi connectivity index (χ3v) is 15.4. The van der Waals surface area contributed by atoms with Crippen LogP contribution in [0.25, 0.3) is 0 Å². The highest BCUT2D eigenvalue weighted by atomic mass is 16.6. The lowest BCUT2D eigenvalue weighted by molar-refractivity contribution is -0.494. The lowest BCUT2D eigenvalue weighted by atomic mass is 9.33. The molecule has 0 saturated heterocycles. The number of rotatable bonds is 7. The van der Waals surface area contributed by atoms with Crippen LogP contribution >= 0.6 is 0 Å². The molecule has 0 aromatic rings. The molecule has 1 unspecified atom stereocenters. The Morgan fingerprint density at radius 2 is 1.74 bits per heavy atom. The van der Waals surface area contributed by atoms with Gasteiger partial charge in [-0.3, -0.25) is 19.7 Å². The Kier molecular flexibility index (Phi) is 8.58. The molecule has 7 heteroatoms. The molecule has 0 aromatic heterocycles. The first kappa shape index (κ1) is 34.6. The molecule has 6 aliphatic carbocycles. The Morgan fingerprint density at radius 1 is 1.02 bits per heavy atom. The van der Waals surface area contributed by atoms with Gasteiger partial charge in [0.25, 0.3) is 0 Å². The van der Waals surface area contributed by atoms with Gasteiger partial charge in [-0.2, -0.15) is 0 Å². The van der Waals surface area contributed by atoms with Gasteiger partial charge in [-0.25, -0.2) is 0 Å². The van der Waals surface area contributed by atoms with Gasteiger partial charge >= 0.3 is 5.97 Å². The van der Waals surface area contributed by atoms with Crippen LogP contribution < -0.4 is 0 Å². The first-order chi connectivity index (χ1) is 22.0. The van der Waals surface area contributed by atoms with Crippen LogP contribution in [0.3, 0.4) is 0 Å². The zero-order valence-corrected chi connectivity index (χ0v) is 30.2. The molecule has 6 aliphatic rings. The minimum Gasteiger partial charge on any atom is -0.466 e. The second-order valence-electron chi connectivity index (χ2n) is 17.9. The summed E-state index contributed by atoms with van der Waals surface area (Å²) in [6.45, 7) is 18.5. The number of nitro groups is 1. The van der Waals surface area contributed by atoms with Gasteiger partial charge in [0.2, 0.25) is 6.54 Å². The minimum atomic E-state index is -1.14. The fourth-order valence-electron chi connectivity index (χ4n) is 13.1. The molecule has 0 spiro atoms. The van der Waals surface area contributed by atoms with E-state index >= 15 is 0 Å². The standard InChI is InChI=1S/C40H59NO6/c1-9-47-35(44)26-12-10-25(11-13-26)27-16-18-37(6)30(36(27,4)5)17-19-39(8)31(37)15-14-28-34-33(24(2)3)29(42)22-40(34,21-20-38(28,39)7)32(43)23-41(45)46/h10,16,24,26,28,30-32,43H,9,11-15,17-23H2,1-8H3/t26?,28-,30+,31-,32+,37+,38-,39-,40+/m1/s1. The van der Waals surface area contributed by atoms with Gasteiger partial charge in [0, 0.05) is 16.8 Å². The van der Waals surface area contributed by atoms with Crippen molar-refractivity contribution in [2.24, 2.45) is 56.7 Å². The lowest BCUT2D eigenvalue weighted by Crippen LogP contribution is -2.64. The summed E-state index contributed by atoms with van der Waals surface area (Å²) in [4.78, 5) is 37.4. The number of allylic oxidation sites excluding steroid dienone is 5. The SMILES string of the molecule is CCOC(=O)C1CC=C(C2=CC[C@]3(C)[C@H]4CC[C@@H]5C6=C(C(C)C)C(=O)C[C@]6([C@@H](O)C[N+](=O)[O-])CC[C@@]5(C)[C@]4(C)CC[C@H]3C2(C)C)CC1. The number of hydrogen-bond donors (Lipinski definition) is 1. The van der Waals surface area contributed by atoms with Gasteiger partial charge in [0.05, 0.1) is 12.5 Å². The molecule has 0 heterocycles. The summed E-state index contributed by atoms with van der Waals surface area (Å²) >= 11 is 0. The molecule has 0 aliphatic heterocycles. The van der Waals surface area contributed by atoms with Gasteiger partial charge in [-0.15, -0.1) is 0 Å². The molecule has 6 rings (SSSR count). The average molecular weight is 650 g/mol. The van der Waals surface area contributed by atoms with Crippen molar-refractivity contribution in [2.45, 2.75) is 132 Å². The van der Waals surface area contributed by atoms with E-state index in [1.807, 2.05) is 6.92 Å². The van der Waals surface area contributed by atoms with E-state index in [2.05, 4.69) is 60.6 Å². The van der Waals surface area contributed by atoms with E-state index in [0.29, 0.717) is 24.9 Å². The highest BCUT2D eigenvalue weighted by Crippen LogP contribution is 2.77. The maximum Gasteiger partial charge on any atom is 0.309 e. The minimum absolute atomic E-state index is 0.0221. The van der Waals surface area contributed by atoms with Crippen molar-refractivity contribution in [3.63, 3.8) is 0 Å². The van der Waals surface area contributed by atoms with Crippen LogP contribution in [0.1, 0.15) is 126 Å². The summed E-state index contributed by atoms with van der Waals surface area (Å²) in [6.07, 6.45) is 13.4. The molecular weight excluding hydrogens is 590 g/mol. The quantitative estimate of drug-likeness (QED) is 0.169. The summed E-state index contributed by atoms with van der Waals surface area (Å²) in [5, 5.41) is 23.1. The molecule has 260 valence electrons. The monoisotopic (exact) mass is 649 g/mol.